The van der Waals surface area contributed by atoms with Crippen LogP contribution in [0.15, 0.2) is 24.3 Å². The van der Waals surface area contributed by atoms with Crippen LogP contribution in [0, 0.1) is 17.8 Å². The van der Waals surface area contributed by atoms with E-state index in [0.717, 1.165) is 0 Å². The molecule has 29 heavy (non-hydrogen) atoms. The van der Waals surface area contributed by atoms with E-state index in [9.17, 15) is 19.5 Å². The number of para-hydroxylation sites is 2. The summed E-state index contributed by atoms with van der Waals surface area (Å²) in [5.41, 5.74) is -0.771. The average Bonchev–Trinajstić information content (AvgIpc) is 3.38. The molecule has 9 heteroatoms. The highest BCUT2D eigenvalue weighted by Crippen LogP contribution is 2.49. The van der Waals surface area contributed by atoms with Crippen molar-refractivity contribution in [3.8, 4) is 11.5 Å². The number of aliphatic hydroxyl groups excluding tert-OH is 1. The number of amides is 1. The van der Waals surface area contributed by atoms with Crippen LogP contribution in [0.1, 0.15) is 20.8 Å². The molecule has 1 aliphatic rings. The Kier molecular flexibility index (Phi) is 7.07. The van der Waals surface area contributed by atoms with Gasteiger partial charge in [-0.05, 0) is 32.9 Å². The Hall–Kier alpha value is -2.81. The van der Waals surface area contributed by atoms with Crippen molar-refractivity contribution >= 4 is 18.0 Å². The van der Waals surface area contributed by atoms with Crippen molar-refractivity contribution in [2.24, 2.45) is 17.8 Å². The van der Waals surface area contributed by atoms with Gasteiger partial charge in [0.05, 0.1) is 20.1 Å². The second-order valence-corrected chi connectivity index (χ2v) is 7.67. The van der Waals surface area contributed by atoms with Gasteiger partial charge in [0.1, 0.15) is 11.6 Å². The van der Waals surface area contributed by atoms with Crippen molar-refractivity contribution in [2.45, 2.75) is 32.4 Å². The molecule has 0 saturated heterocycles. The Bertz CT molecular complexity index is 757. The summed E-state index contributed by atoms with van der Waals surface area (Å²) in [4.78, 5) is 37.0. The third kappa shape index (κ3) is 5.60. The molecule has 1 fully saturated rings. The normalized spacial score (nSPS) is 21.5. The van der Waals surface area contributed by atoms with Crippen LogP contribution in [-0.4, -0.2) is 55.6 Å². The van der Waals surface area contributed by atoms with E-state index in [-0.39, 0.29) is 12.4 Å². The lowest BCUT2D eigenvalue weighted by molar-refractivity contribution is -0.144. The molecule has 0 radical (unpaired) electrons. The van der Waals surface area contributed by atoms with E-state index < -0.39 is 47.4 Å². The molecule has 4 atom stereocenters. The number of rotatable bonds is 7. The van der Waals surface area contributed by atoms with E-state index in [1.54, 1.807) is 45.0 Å². The molecule has 1 aromatic carbocycles. The Balaban J connectivity index is 2.15. The number of carbonyl (C=O) groups excluding carboxylic acids is 3. The molecule has 0 spiro atoms. The number of ether oxygens (including phenoxy) is 4. The van der Waals surface area contributed by atoms with Crippen LogP contribution >= 0.6 is 0 Å². The summed E-state index contributed by atoms with van der Waals surface area (Å²) in [6.45, 7) is 4.68. The van der Waals surface area contributed by atoms with Crippen LogP contribution < -0.4 is 14.8 Å². The Labute approximate surface area is 169 Å². The van der Waals surface area contributed by atoms with Gasteiger partial charge in [0, 0.05) is 18.4 Å². The molecular weight excluding hydrogens is 382 g/mol. The maximum Gasteiger partial charge on any atom is 0.408 e. The number of aliphatic hydroxyl groups is 1. The molecule has 0 bridgehead atoms. The van der Waals surface area contributed by atoms with E-state index in [0.29, 0.717) is 5.75 Å². The summed E-state index contributed by atoms with van der Waals surface area (Å²) < 4.78 is 20.5. The van der Waals surface area contributed by atoms with E-state index in [1.807, 2.05) is 0 Å². The Morgan fingerprint density at radius 1 is 1.14 bits per heavy atom. The van der Waals surface area contributed by atoms with Gasteiger partial charge in [-0.1, -0.05) is 12.1 Å². The maximum absolute atomic E-state index is 12.7. The number of methoxy groups -OCH3 is 2. The standard InChI is InChI=1S/C20H27NO8/c1-20(2,3)29-19(25)21-16(18(24)27-5)14-11(10-22)15(14)17(23)28-13-9-7-6-8-12(13)26-4/h6-9,11,14-16,22H,10H2,1-5H3,(H,21,25)/t11-,14+,15+,16+/m1/s1. The average molecular weight is 409 g/mol. The zero-order valence-electron chi connectivity index (χ0n) is 17.1. The monoisotopic (exact) mass is 409 g/mol. The minimum absolute atomic E-state index is 0.219. The number of hydrogen-bond acceptors (Lipinski definition) is 8. The molecule has 160 valence electrons. The van der Waals surface area contributed by atoms with Gasteiger partial charge in [0.2, 0.25) is 0 Å². The van der Waals surface area contributed by atoms with Crippen LogP contribution in [0.4, 0.5) is 4.79 Å². The zero-order valence-corrected chi connectivity index (χ0v) is 17.1. The molecule has 9 nitrogen and oxygen atoms in total. The van der Waals surface area contributed by atoms with E-state index in [1.165, 1.54) is 14.2 Å². The lowest BCUT2D eigenvalue weighted by Gasteiger charge is -2.22. The Morgan fingerprint density at radius 3 is 2.28 bits per heavy atom. The summed E-state index contributed by atoms with van der Waals surface area (Å²) in [6.07, 6.45) is -0.826. The highest BCUT2D eigenvalue weighted by Gasteiger charge is 2.61. The topological polar surface area (TPSA) is 120 Å². The second-order valence-electron chi connectivity index (χ2n) is 7.67. The van der Waals surface area contributed by atoms with Gasteiger partial charge < -0.3 is 29.4 Å². The van der Waals surface area contributed by atoms with Crippen LogP contribution in [0.5, 0.6) is 11.5 Å². The van der Waals surface area contributed by atoms with Crippen molar-refractivity contribution in [2.75, 3.05) is 20.8 Å². The van der Waals surface area contributed by atoms with Crippen LogP contribution in [-0.2, 0) is 19.1 Å². The van der Waals surface area contributed by atoms with Gasteiger partial charge in [-0.2, -0.15) is 0 Å². The minimum atomic E-state index is -1.16. The minimum Gasteiger partial charge on any atom is -0.493 e. The smallest absolute Gasteiger partial charge is 0.408 e. The lowest BCUT2D eigenvalue weighted by atomic mass is 10.1. The third-order valence-corrected chi connectivity index (χ3v) is 4.50. The number of nitrogens with one attached hydrogen (secondary N) is 1. The van der Waals surface area contributed by atoms with Gasteiger partial charge >= 0.3 is 18.0 Å². The van der Waals surface area contributed by atoms with Gasteiger partial charge in [-0.25, -0.2) is 9.59 Å². The van der Waals surface area contributed by atoms with Gasteiger partial charge in [-0.15, -0.1) is 0 Å². The highest BCUT2D eigenvalue weighted by atomic mass is 16.6. The summed E-state index contributed by atoms with van der Waals surface area (Å²) in [7, 11) is 2.62. The predicted octanol–water partition coefficient (Wildman–Crippen LogP) is 1.52. The van der Waals surface area contributed by atoms with Crippen molar-refractivity contribution < 1.29 is 38.4 Å². The molecule has 0 unspecified atom stereocenters. The van der Waals surface area contributed by atoms with E-state index in [4.69, 9.17) is 18.9 Å². The molecule has 1 aromatic rings. The molecule has 1 saturated carbocycles. The van der Waals surface area contributed by atoms with Crippen molar-refractivity contribution in [3.63, 3.8) is 0 Å². The number of esters is 2. The van der Waals surface area contributed by atoms with Crippen molar-refractivity contribution in [3.05, 3.63) is 24.3 Å². The first-order valence-corrected chi connectivity index (χ1v) is 9.15. The number of alkyl carbamates (subject to hydrolysis) is 1. The summed E-state index contributed by atoms with van der Waals surface area (Å²) in [5, 5.41) is 12.1. The predicted molar refractivity (Wildman–Crippen MR) is 101 cm³/mol. The third-order valence-electron chi connectivity index (χ3n) is 4.50. The lowest BCUT2D eigenvalue weighted by Crippen LogP contribution is -2.46. The first kappa shape index (κ1) is 22.5. The highest BCUT2D eigenvalue weighted by molar-refractivity contribution is 5.86. The first-order chi connectivity index (χ1) is 13.6. The van der Waals surface area contributed by atoms with Gasteiger partial charge in [0.15, 0.2) is 11.5 Å². The van der Waals surface area contributed by atoms with Gasteiger partial charge in [-0.3, -0.25) is 4.79 Å². The van der Waals surface area contributed by atoms with E-state index >= 15 is 0 Å². The quantitative estimate of drug-likeness (QED) is 0.514. The van der Waals surface area contributed by atoms with Crippen molar-refractivity contribution in [1.29, 1.82) is 0 Å². The second kappa shape index (κ2) is 9.13. The largest absolute Gasteiger partial charge is 0.493 e. The van der Waals surface area contributed by atoms with Crippen LogP contribution in [0.3, 0.4) is 0 Å². The van der Waals surface area contributed by atoms with E-state index in [2.05, 4.69) is 5.32 Å². The SMILES string of the molecule is COC(=O)[C@@H](NC(=O)OC(C)(C)C)[C@H]1[C@@H](CO)[C@@H]1C(=O)Oc1ccccc1OC. The first-order valence-electron chi connectivity index (χ1n) is 9.15. The molecule has 1 amide bonds. The maximum atomic E-state index is 12.7. The molecule has 0 heterocycles. The van der Waals surface area contributed by atoms with Crippen molar-refractivity contribution in [1.82, 2.24) is 5.32 Å². The molecule has 0 aliphatic heterocycles. The van der Waals surface area contributed by atoms with Crippen LogP contribution in [0.25, 0.3) is 0 Å². The fraction of sp³-hybridized carbons (Fsp3) is 0.550. The van der Waals surface area contributed by atoms with Crippen LogP contribution in [0.2, 0.25) is 0 Å². The molecular formula is C20H27NO8. The fourth-order valence-electron chi connectivity index (χ4n) is 3.18. The summed E-state index contributed by atoms with van der Waals surface area (Å²) in [5.74, 6) is -2.86. The Morgan fingerprint density at radius 2 is 1.76 bits per heavy atom. The molecule has 0 aromatic heterocycles. The number of carbonyl (C=O) groups is 3. The summed E-state index contributed by atoms with van der Waals surface area (Å²) in [6, 6.07) is 5.45. The molecule has 2 rings (SSSR count). The molecule has 2 N–H and O–H groups in total. The van der Waals surface area contributed by atoms with Gasteiger partial charge in [0.25, 0.3) is 0 Å². The molecule has 1 aliphatic carbocycles. The number of benzene rings is 1. The fourth-order valence-corrected chi connectivity index (χ4v) is 3.18. The zero-order chi connectivity index (χ0) is 21.8. The summed E-state index contributed by atoms with van der Waals surface area (Å²) >= 11 is 0. The number of hydrogen-bond donors (Lipinski definition) is 2.